The quantitative estimate of drug-likeness (QED) is 0.702. The number of nitriles is 1. The van der Waals surface area contributed by atoms with Crippen LogP contribution in [0.25, 0.3) is 0 Å². The first-order valence-corrected chi connectivity index (χ1v) is 8.71. The molecule has 1 fully saturated rings. The smallest absolute Gasteiger partial charge is 0.235 e. The highest BCUT2D eigenvalue weighted by atomic mass is 19.1. The van der Waals surface area contributed by atoms with Crippen molar-refractivity contribution in [1.82, 2.24) is 4.98 Å². The second-order valence-electron chi connectivity index (χ2n) is 6.95. The van der Waals surface area contributed by atoms with E-state index in [1.54, 1.807) is 12.1 Å². The molecule has 1 saturated carbocycles. The van der Waals surface area contributed by atoms with Crippen LogP contribution in [0.3, 0.4) is 0 Å². The van der Waals surface area contributed by atoms with Crippen LogP contribution in [-0.2, 0) is 13.1 Å². The van der Waals surface area contributed by atoms with Crippen LogP contribution in [-0.4, -0.2) is 4.98 Å². The van der Waals surface area contributed by atoms with Crippen LogP contribution in [0.1, 0.15) is 46.5 Å². The van der Waals surface area contributed by atoms with Gasteiger partial charge in [-0.05, 0) is 41.2 Å². The molecule has 2 atom stereocenters. The first kappa shape index (κ1) is 15.2. The van der Waals surface area contributed by atoms with Gasteiger partial charge in [-0.25, -0.2) is 9.37 Å². The summed E-state index contributed by atoms with van der Waals surface area (Å²) in [6, 6.07) is 17.1. The summed E-state index contributed by atoms with van der Waals surface area (Å²) in [6.07, 6.45) is 0.870. The first-order chi connectivity index (χ1) is 12.7. The monoisotopic (exact) mass is 345 g/mol. The lowest BCUT2D eigenvalue weighted by atomic mass is 10.1. The van der Waals surface area contributed by atoms with Gasteiger partial charge >= 0.3 is 0 Å². The molecule has 1 aliphatic carbocycles. The summed E-state index contributed by atoms with van der Waals surface area (Å²) >= 11 is 0. The minimum atomic E-state index is -0.228. The van der Waals surface area contributed by atoms with E-state index in [0.717, 1.165) is 25.1 Å². The molecule has 5 heteroatoms. The van der Waals surface area contributed by atoms with Gasteiger partial charge < -0.3 is 9.32 Å². The maximum absolute atomic E-state index is 13.5. The predicted molar refractivity (Wildman–Crippen MR) is 94.0 cm³/mol. The van der Waals surface area contributed by atoms with Crippen molar-refractivity contribution in [3.63, 3.8) is 0 Å². The fraction of sp³-hybridized carbons (Fsp3) is 0.238. The molecule has 2 heterocycles. The molecule has 128 valence electrons. The third-order valence-electron chi connectivity index (χ3n) is 5.24. The highest BCUT2D eigenvalue weighted by molar-refractivity contribution is 5.53. The molecule has 0 bridgehead atoms. The fourth-order valence-electron chi connectivity index (χ4n) is 3.82. The normalized spacial score (nSPS) is 20.7. The Morgan fingerprint density at radius 3 is 2.54 bits per heavy atom. The van der Waals surface area contributed by atoms with Gasteiger partial charge in [-0.2, -0.15) is 5.26 Å². The Bertz CT molecular complexity index is 1010. The number of benzene rings is 2. The van der Waals surface area contributed by atoms with Gasteiger partial charge in [0.05, 0.1) is 0 Å². The Labute approximate surface area is 150 Å². The Balaban J connectivity index is 1.41. The topological polar surface area (TPSA) is 53.1 Å². The lowest BCUT2D eigenvalue weighted by Gasteiger charge is -2.13. The number of anilines is 1. The maximum Gasteiger partial charge on any atom is 0.235 e. The molecule has 0 saturated heterocycles. The number of hydrogen-bond acceptors (Lipinski definition) is 4. The summed E-state index contributed by atoms with van der Waals surface area (Å²) in [6.45, 7) is 1.44. The second-order valence-corrected chi connectivity index (χ2v) is 6.95. The van der Waals surface area contributed by atoms with Crippen molar-refractivity contribution in [3.8, 4) is 6.07 Å². The van der Waals surface area contributed by atoms with Gasteiger partial charge in [0.25, 0.3) is 0 Å². The first-order valence-electron chi connectivity index (χ1n) is 8.71. The number of rotatable bonds is 3. The van der Waals surface area contributed by atoms with Gasteiger partial charge in [0.2, 0.25) is 17.5 Å². The van der Waals surface area contributed by atoms with E-state index < -0.39 is 0 Å². The summed E-state index contributed by atoms with van der Waals surface area (Å²) in [5.74, 6) is 1.22. The van der Waals surface area contributed by atoms with Crippen LogP contribution in [0.4, 0.5) is 10.3 Å². The number of nitrogens with zero attached hydrogens (tertiary/aromatic N) is 3. The molecule has 1 aliphatic heterocycles. The fourth-order valence-corrected chi connectivity index (χ4v) is 3.82. The number of fused-ring (bicyclic) bond motifs is 1. The molecule has 0 amide bonds. The van der Waals surface area contributed by atoms with Crippen LogP contribution in [0, 0.1) is 17.1 Å². The van der Waals surface area contributed by atoms with Gasteiger partial charge in [0.15, 0.2) is 0 Å². The minimum absolute atomic E-state index is 0.114. The summed E-state index contributed by atoms with van der Waals surface area (Å²) in [7, 11) is 0. The Morgan fingerprint density at radius 1 is 1.08 bits per heavy atom. The Kier molecular flexibility index (Phi) is 3.32. The van der Waals surface area contributed by atoms with E-state index in [1.807, 2.05) is 18.2 Å². The number of halogens is 1. The van der Waals surface area contributed by atoms with E-state index >= 15 is 0 Å². The predicted octanol–water partition coefficient (Wildman–Crippen LogP) is 4.48. The second kappa shape index (κ2) is 5.70. The van der Waals surface area contributed by atoms with Crippen LogP contribution >= 0.6 is 0 Å². The zero-order chi connectivity index (χ0) is 17.7. The highest BCUT2D eigenvalue weighted by Crippen LogP contribution is 2.55. The van der Waals surface area contributed by atoms with Crippen LogP contribution < -0.4 is 4.90 Å². The highest BCUT2D eigenvalue weighted by Gasteiger charge is 2.44. The van der Waals surface area contributed by atoms with Crippen molar-refractivity contribution in [3.05, 3.63) is 82.6 Å². The van der Waals surface area contributed by atoms with Crippen molar-refractivity contribution in [2.45, 2.75) is 31.3 Å². The summed E-state index contributed by atoms with van der Waals surface area (Å²) < 4.78 is 19.5. The molecule has 2 unspecified atom stereocenters. The Hall–Kier alpha value is -3.13. The molecule has 0 radical (unpaired) electrons. The van der Waals surface area contributed by atoms with Crippen molar-refractivity contribution in [1.29, 1.82) is 5.26 Å². The summed E-state index contributed by atoms with van der Waals surface area (Å²) in [4.78, 5) is 6.49. The average Bonchev–Trinajstić information content (AvgIpc) is 3.15. The SMILES string of the molecule is N#Cc1nc(C2CC2c2cccc(F)c2)oc1N1Cc2ccccc2C1. The third-order valence-corrected chi connectivity index (χ3v) is 5.24. The van der Waals surface area contributed by atoms with E-state index in [0.29, 0.717) is 17.5 Å². The van der Waals surface area contributed by atoms with Gasteiger partial charge in [0, 0.05) is 19.0 Å². The van der Waals surface area contributed by atoms with Crippen molar-refractivity contribution < 1.29 is 8.81 Å². The molecule has 0 spiro atoms. The van der Waals surface area contributed by atoms with Crippen LogP contribution in [0.2, 0.25) is 0 Å². The van der Waals surface area contributed by atoms with Crippen molar-refractivity contribution >= 4 is 5.88 Å². The molecule has 5 rings (SSSR count). The molecule has 2 aromatic carbocycles. The standard InChI is InChI=1S/C21H16FN3O/c22-16-7-3-6-13(8-16)17-9-18(17)20-24-19(10-23)21(26-20)25-11-14-4-1-2-5-15(14)12-25/h1-8,17-18H,9,11-12H2. The van der Waals surface area contributed by atoms with E-state index in [4.69, 9.17) is 4.42 Å². The van der Waals surface area contributed by atoms with Gasteiger partial charge in [0.1, 0.15) is 11.9 Å². The van der Waals surface area contributed by atoms with Gasteiger partial charge in [-0.3, -0.25) is 0 Å². The zero-order valence-corrected chi connectivity index (χ0v) is 14.0. The van der Waals surface area contributed by atoms with Gasteiger partial charge in [-0.1, -0.05) is 36.4 Å². The summed E-state index contributed by atoms with van der Waals surface area (Å²) in [5, 5.41) is 9.48. The number of oxazole rings is 1. The molecule has 26 heavy (non-hydrogen) atoms. The van der Waals surface area contributed by atoms with E-state index in [-0.39, 0.29) is 17.7 Å². The van der Waals surface area contributed by atoms with E-state index in [2.05, 4.69) is 28.1 Å². The molecule has 3 aromatic rings. The van der Waals surface area contributed by atoms with Crippen molar-refractivity contribution in [2.24, 2.45) is 0 Å². The average molecular weight is 345 g/mol. The zero-order valence-electron chi connectivity index (χ0n) is 14.0. The van der Waals surface area contributed by atoms with Crippen LogP contribution in [0.5, 0.6) is 0 Å². The summed E-state index contributed by atoms with van der Waals surface area (Å²) in [5.41, 5.74) is 3.79. The molecule has 0 N–H and O–H groups in total. The molecule has 4 nitrogen and oxygen atoms in total. The van der Waals surface area contributed by atoms with Crippen LogP contribution in [0.15, 0.2) is 52.9 Å². The van der Waals surface area contributed by atoms with E-state index in [1.165, 1.54) is 17.2 Å². The maximum atomic E-state index is 13.5. The number of aromatic nitrogens is 1. The Morgan fingerprint density at radius 2 is 1.85 bits per heavy atom. The molecular weight excluding hydrogens is 329 g/mol. The number of hydrogen-bond donors (Lipinski definition) is 0. The van der Waals surface area contributed by atoms with E-state index in [9.17, 15) is 9.65 Å². The molecule has 2 aliphatic rings. The molecule has 1 aromatic heterocycles. The lowest BCUT2D eigenvalue weighted by Crippen LogP contribution is -2.14. The van der Waals surface area contributed by atoms with Gasteiger partial charge in [-0.15, -0.1) is 0 Å². The van der Waals surface area contributed by atoms with Crippen molar-refractivity contribution in [2.75, 3.05) is 4.90 Å². The lowest BCUT2D eigenvalue weighted by molar-refractivity contribution is 0.486. The molecular formula is C21H16FN3O. The minimum Gasteiger partial charge on any atom is -0.423 e. The third kappa shape index (κ3) is 2.46. The largest absolute Gasteiger partial charge is 0.423 e.